The number of hydrogen-bond acceptors (Lipinski definition) is 3. The van der Waals surface area contributed by atoms with E-state index in [2.05, 4.69) is 5.32 Å². The normalized spacial score (nSPS) is 11.0. The average Bonchev–Trinajstić information content (AvgIpc) is 2.60. The largest absolute Gasteiger partial charge is 0.494 e. The van der Waals surface area contributed by atoms with Crippen LogP contribution in [0.1, 0.15) is 32.3 Å². The molecule has 0 unspecified atom stereocenters. The molecule has 0 saturated heterocycles. The zero-order valence-corrected chi connectivity index (χ0v) is 14.8. The Labute approximate surface area is 151 Å². The molecule has 0 aromatic heterocycles. The van der Waals surface area contributed by atoms with Crippen molar-refractivity contribution >= 4 is 17.6 Å². The second kappa shape index (κ2) is 8.47. The average molecular weight is 359 g/mol. The highest BCUT2D eigenvalue weighted by Crippen LogP contribution is 2.27. The number of carboxylic acid groups (broad SMARTS) is 1. The SMILES string of the molecule is CC(C)(C(=O)Nc1ccc(OCCCC(=O)O)cc1)c1ccccc1F. The van der Waals surface area contributed by atoms with Crippen LogP contribution in [0.4, 0.5) is 10.1 Å². The Balaban J connectivity index is 1.96. The van der Waals surface area contributed by atoms with Gasteiger partial charge in [0.25, 0.3) is 0 Å². The van der Waals surface area contributed by atoms with E-state index < -0.39 is 17.2 Å². The van der Waals surface area contributed by atoms with Crippen LogP contribution in [0.2, 0.25) is 0 Å². The number of rotatable bonds is 8. The minimum absolute atomic E-state index is 0.0548. The molecule has 138 valence electrons. The van der Waals surface area contributed by atoms with Crippen molar-refractivity contribution in [3.8, 4) is 5.75 Å². The van der Waals surface area contributed by atoms with Gasteiger partial charge >= 0.3 is 5.97 Å². The van der Waals surface area contributed by atoms with Gasteiger partial charge in [-0.05, 0) is 50.6 Å². The van der Waals surface area contributed by atoms with E-state index in [9.17, 15) is 14.0 Å². The molecule has 0 spiro atoms. The number of aliphatic carboxylic acids is 1. The molecule has 5 nitrogen and oxygen atoms in total. The van der Waals surface area contributed by atoms with Crippen LogP contribution in [0.15, 0.2) is 48.5 Å². The van der Waals surface area contributed by atoms with Crippen LogP contribution >= 0.6 is 0 Å². The van der Waals surface area contributed by atoms with Gasteiger partial charge in [-0.3, -0.25) is 9.59 Å². The number of carboxylic acids is 1. The monoisotopic (exact) mass is 359 g/mol. The standard InChI is InChI=1S/C20H22FNO4/c1-20(2,16-6-3-4-7-17(16)21)19(25)22-14-9-11-15(12-10-14)26-13-5-8-18(23)24/h3-4,6-7,9-12H,5,8,13H2,1-2H3,(H,22,25)(H,23,24). The van der Waals surface area contributed by atoms with Crippen molar-refractivity contribution in [2.45, 2.75) is 32.1 Å². The van der Waals surface area contributed by atoms with E-state index in [-0.39, 0.29) is 12.3 Å². The minimum atomic E-state index is -1.03. The van der Waals surface area contributed by atoms with Crippen molar-refractivity contribution in [3.05, 3.63) is 59.9 Å². The number of carbonyl (C=O) groups is 2. The molecule has 0 heterocycles. The van der Waals surface area contributed by atoms with Crippen LogP contribution in [-0.2, 0) is 15.0 Å². The molecule has 0 radical (unpaired) electrons. The van der Waals surface area contributed by atoms with Crippen LogP contribution in [0.3, 0.4) is 0 Å². The molecule has 0 atom stereocenters. The molecule has 0 aliphatic rings. The summed E-state index contributed by atoms with van der Waals surface area (Å²) in [4.78, 5) is 23.0. The number of hydrogen-bond donors (Lipinski definition) is 2. The van der Waals surface area contributed by atoms with Gasteiger partial charge in [0.15, 0.2) is 0 Å². The molecular formula is C20H22FNO4. The Morgan fingerprint density at radius 1 is 1.12 bits per heavy atom. The lowest BCUT2D eigenvalue weighted by Crippen LogP contribution is -2.35. The first-order valence-electron chi connectivity index (χ1n) is 8.32. The fourth-order valence-electron chi connectivity index (χ4n) is 2.43. The Kier molecular flexibility index (Phi) is 6.33. The number of amides is 1. The lowest BCUT2D eigenvalue weighted by atomic mass is 9.83. The Bertz CT molecular complexity index is 772. The highest BCUT2D eigenvalue weighted by molar-refractivity contribution is 5.98. The smallest absolute Gasteiger partial charge is 0.303 e. The van der Waals surface area contributed by atoms with Crippen molar-refractivity contribution in [2.75, 3.05) is 11.9 Å². The molecule has 26 heavy (non-hydrogen) atoms. The summed E-state index contributed by atoms with van der Waals surface area (Å²) in [6.07, 6.45) is 0.476. The first kappa shape index (κ1) is 19.4. The fourth-order valence-corrected chi connectivity index (χ4v) is 2.43. The van der Waals surface area contributed by atoms with E-state index in [4.69, 9.17) is 9.84 Å². The molecule has 0 saturated carbocycles. The van der Waals surface area contributed by atoms with Crippen molar-refractivity contribution in [3.63, 3.8) is 0 Å². The zero-order valence-electron chi connectivity index (χ0n) is 14.8. The summed E-state index contributed by atoms with van der Waals surface area (Å²) in [5.74, 6) is -1.01. The van der Waals surface area contributed by atoms with Crippen molar-refractivity contribution in [2.24, 2.45) is 0 Å². The molecule has 0 aliphatic carbocycles. The number of carbonyl (C=O) groups excluding carboxylic acids is 1. The summed E-state index contributed by atoms with van der Waals surface area (Å²) in [7, 11) is 0. The maximum atomic E-state index is 14.0. The minimum Gasteiger partial charge on any atom is -0.494 e. The zero-order chi connectivity index (χ0) is 19.2. The number of benzene rings is 2. The van der Waals surface area contributed by atoms with Crippen LogP contribution in [0.5, 0.6) is 5.75 Å². The van der Waals surface area contributed by atoms with Crippen LogP contribution < -0.4 is 10.1 Å². The molecule has 0 bridgehead atoms. The molecule has 0 fully saturated rings. The highest BCUT2D eigenvalue weighted by Gasteiger charge is 2.32. The second-order valence-corrected chi connectivity index (χ2v) is 6.43. The summed E-state index contributed by atoms with van der Waals surface area (Å²) < 4.78 is 19.4. The van der Waals surface area contributed by atoms with Crippen LogP contribution in [0.25, 0.3) is 0 Å². The van der Waals surface area contributed by atoms with Crippen LogP contribution in [0, 0.1) is 5.82 Å². The van der Waals surface area contributed by atoms with Gasteiger partial charge in [-0.15, -0.1) is 0 Å². The Morgan fingerprint density at radius 3 is 2.38 bits per heavy atom. The van der Waals surface area contributed by atoms with E-state index in [1.165, 1.54) is 6.07 Å². The van der Waals surface area contributed by atoms with Gasteiger partial charge in [-0.1, -0.05) is 18.2 Å². The van der Waals surface area contributed by atoms with E-state index in [1.807, 2.05) is 0 Å². The summed E-state index contributed by atoms with van der Waals surface area (Å²) in [6.45, 7) is 3.64. The summed E-state index contributed by atoms with van der Waals surface area (Å²) in [5, 5.41) is 11.4. The van der Waals surface area contributed by atoms with Crippen molar-refractivity contribution in [1.82, 2.24) is 0 Å². The quantitative estimate of drug-likeness (QED) is 0.699. The molecule has 2 rings (SSSR count). The molecule has 6 heteroatoms. The van der Waals surface area contributed by atoms with E-state index in [0.717, 1.165) is 0 Å². The lowest BCUT2D eigenvalue weighted by Gasteiger charge is -2.24. The van der Waals surface area contributed by atoms with Gasteiger partial charge in [0.2, 0.25) is 5.91 Å². The molecule has 1 amide bonds. The third-order valence-electron chi connectivity index (χ3n) is 4.03. The second-order valence-electron chi connectivity index (χ2n) is 6.43. The summed E-state index contributed by atoms with van der Waals surface area (Å²) in [6, 6.07) is 13.0. The maximum absolute atomic E-state index is 14.0. The van der Waals surface area contributed by atoms with E-state index in [1.54, 1.807) is 56.3 Å². The predicted octanol–water partition coefficient (Wildman–Crippen LogP) is 3.99. The first-order valence-corrected chi connectivity index (χ1v) is 8.32. The predicted molar refractivity (Wildman–Crippen MR) is 96.9 cm³/mol. The topological polar surface area (TPSA) is 75.6 Å². The maximum Gasteiger partial charge on any atom is 0.303 e. The van der Waals surface area contributed by atoms with Gasteiger partial charge in [-0.2, -0.15) is 0 Å². The lowest BCUT2D eigenvalue weighted by molar-refractivity contribution is -0.137. The van der Waals surface area contributed by atoms with Crippen molar-refractivity contribution in [1.29, 1.82) is 0 Å². The van der Waals surface area contributed by atoms with E-state index in [0.29, 0.717) is 30.0 Å². The molecule has 2 aromatic rings. The van der Waals surface area contributed by atoms with Gasteiger partial charge in [0.1, 0.15) is 11.6 Å². The molecule has 2 N–H and O–H groups in total. The molecule has 0 aliphatic heterocycles. The number of nitrogens with one attached hydrogen (secondary N) is 1. The summed E-state index contributed by atoms with van der Waals surface area (Å²) >= 11 is 0. The third kappa shape index (κ3) is 5.05. The highest BCUT2D eigenvalue weighted by atomic mass is 19.1. The van der Waals surface area contributed by atoms with Crippen molar-refractivity contribution < 1.29 is 23.8 Å². The molecular weight excluding hydrogens is 337 g/mol. The summed E-state index contributed by atoms with van der Waals surface area (Å²) in [5.41, 5.74) is -0.134. The van der Waals surface area contributed by atoms with Gasteiger partial charge in [0.05, 0.1) is 12.0 Å². The number of anilines is 1. The van der Waals surface area contributed by atoms with E-state index >= 15 is 0 Å². The Morgan fingerprint density at radius 2 is 1.77 bits per heavy atom. The Hall–Kier alpha value is -2.89. The van der Waals surface area contributed by atoms with Gasteiger partial charge in [-0.25, -0.2) is 4.39 Å². The third-order valence-corrected chi connectivity index (χ3v) is 4.03. The fraction of sp³-hybridized carbons (Fsp3) is 0.300. The molecule has 2 aromatic carbocycles. The van der Waals surface area contributed by atoms with Gasteiger partial charge < -0.3 is 15.2 Å². The first-order chi connectivity index (χ1) is 12.3. The number of halogens is 1. The van der Waals surface area contributed by atoms with Crippen LogP contribution in [-0.4, -0.2) is 23.6 Å². The van der Waals surface area contributed by atoms with Gasteiger partial charge in [0, 0.05) is 17.7 Å². The number of ether oxygens (including phenoxy) is 1.